The van der Waals surface area contributed by atoms with Crippen LogP contribution >= 0.6 is 11.6 Å². The summed E-state index contributed by atoms with van der Waals surface area (Å²) in [5.74, 6) is -2.75. The number of para-hydroxylation sites is 1. The van der Waals surface area contributed by atoms with Gasteiger partial charge in [0.15, 0.2) is 0 Å². The summed E-state index contributed by atoms with van der Waals surface area (Å²) in [6.45, 7) is -0.0356. The minimum Gasteiger partial charge on any atom is -0.489 e. The summed E-state index contributed by atoms with van der Waals surface area (Å²) < 4.78 is 32.8. The van der Waals surface area contributed by atoms with Gasteiger partial charge < -0.3 is 10.1 Å². The van der Waals surface area contributed by atoms with Gasteiger partial charge in [-0.2, -0.15) is 5.10 Å². The maximum Gasteiger partial charge on any atom is 0.329 e. The maximum atomic E-state index is 13.8. The predicted octanol–water partition coefficient (Wildman–Crippen LogP) is 4.29. The van der Waals surface area contributed by atoms with Gasteiger partial charge in [0.2, 0.25) is 0 Å². The number of nitrogens with zero attached hydrogens (tertiary/aromatic N) is 1. The van der Waals surface area contributed by atoms with Crippen molar-refractivity contribution in [3.8, 4) is 5.75 Å². The molecule has 0 aliphatic heterocycles. The highest BCUT2D eigenvalue weighted by atomic mass is 35.5. The van der Waals surface area contributed by atoms with Crippen LogP contribution < -0.4 is 15.5 Å². The number of halogens is 3. The zero-order valence-corrected chi connectivity index (χ0v) is 16.7. The van der Waals surface area contributed by atoms with Crippen LogP contribution in [0.15, 0.2) is 71.8 Å². The van der Waals surface area contributed by atoms with Gasteiger partial charge in [0.05, 0.1) is 16.9 Å². The monoisotopic (exact) mass is 443 g/mol. The normalized spacial score (nSPS) is 10.7. The number of anilines is 1. The summed E-state index contributed by atoms with van der Waals surface area (Å²) in [6, 6.07) is 16.4. The molecule has 0 aromatic heterocycles. The number of hydrogen-bond donors (Lipinski definition) is 2. The number of rotatable bonds is 6. The molecule has 2 N–H and O–H groups in total. The van der Waals surface area contributed by atoms with E-state index >= 15 is 0 Å². The lowest BCUT2D eigenvalue weighted by molar-refractivity contribution is -0.136. The first-order valence-corrected chi connectivity index (χ1v) is 9.36. The van der Waals surface area contributed by atoms with Crippen LogP contribution in [0.4, 0.5) is 14.5 Å². The highest BCUT2D eigenvalue weighted by Crippen LogP contribution is 2.21. The van der Waals surface area contributed by atoms with Crippen molar-refractivity contribution in [1.29, 1.82) is 0 Å². The molecule has 158 valence electrons. The van der Waals surface area contributed by atoms with Crippen molar-refractivity contribution in [3.63, 3.8) is 0 Å². The first-order valence-electron chi connectivity index (χ1n) is 8.98. The molecule has 3 aromatic carbocycles. The van der Waals surface area contributed by atoms with E-state index in [2.05, 4.69) is 15.8 Å². The summed E-state index contributed by atoms with van der Waals surface area (Å²) in [5, 5.41) is 6.11. The van der Waals surface area contributed by atoms with E-state index in [0.717, 1.165) is 6.07 Å². The average molecular weight is 444 g/mol. The van der Waals surface area contributed by atoms with E-state index in [1.54, 1.807) is 30.3 Å². The molecule has 6 nitrogen and oxygen atoms in total. The van der Waals surface area contributed by atoms with E-state index in [9.17, 15) is 18.4 Å². The maximum absolute atomic E-state index is 13.8. The van der Waals surface area contributed by atoms with Crippen LogP contribution in [0.2, 0.25) is 5.02 Å². The van der Waals surface area contributed by atoms with Gasteiger partial charge >= 0.3 is 11.8 Å². The highest BCUT2D eigenvalue weighted by Gasteiger charge is 2.14. The van der Waals surface area contributed by atoms with E-state index in [0.29, 0.717) is 11.3 Å². The molecule has 0 radical (unpaired) electrons. The van der Waals surface area contributed by atoms with Gasteiger partial charge in [-0.25, -0.2) is 14.2 Å². The smallest absolute Gasteiger partial charge is 0.329 e. The summed E-state index contributed by atoms with van der Waals surface area (Å²) in [7, 11) is 0. The number of hydrogen-bond acceptors (Lipinski definition) is 4. The molecule has 0 atom stereocenters. The second-order valence-corrected chi connectivity index (χ2v) is 6.60. The molecule has 2 amide bonds. The third kappa shape index (κ3) is 6.10. The Labute approximate surface area is 181 Å². The standard InChI is InChI=1S/C22H16ClF2N3O3/c23-17-4-3-6-18(24)16(17)13-31-15-10-8-14(9-11-15)12-26-28-22(30)21(29)27-20-7-2-1-5-19(20)25/h1-12H,13H2,(H,27,29)(H,28,30)/b26-12+. The predicted molar refractivity (Wildman–Crippen MR) is 113 cm³/mol. The van der Waals surface area contributed by atoms with Crippen molar-refractivity contribution < 1.29 is 23.1 Å². The molecule has 0 aliphatic carbocycles. The van der Waals surface area contributed by atoms with Gasteiger partial charge in [-0.1, -0.05) is 29.8 Å². The van der Waals surface area contributed by atoms with Crippen LogP contribution in [0.5, 0.6) is 5.75 Å². The minimum atomic E-state index is -1.06. The number of carbonyl (C=O) groups excluding carboxylic acids is 2. The molecule has 0 bridgehead atoms. The molecular weight excluding hydrogens is 428 g/mol. The van der Waals surface area contributed by atoms with Crippen LogP contribution in [0.1, 0.15) is 11.1 Å². The Morgan fingerprint density at radius 2 is 1.65 bits per heavy atom. The van der Waals surface area contributed by atoms with Crippen LogP contribution in [-0.4, -0.2) is 18.0 Å². The van der Waals surface area contributed by atoms with Crippen molar-refractivity contribution in [1.82, 2.24) is 5.43 Å². The lowest BCUT2D eigenvalue weighted by atomic mass is 10.2. The van der Waals surface area contributed by atoms with Crippen LogP contribution in [-0.2, 0) is 16.2 Å². The van der Waals surface area contributed by atoms with E-state index in [4.69, 9.17) is 16.3 Å². The second-order valence-electron chi connectivity index (χ2n) is 6.19. The molecule has 0 saturated carbocycles. The number of nitrogens with one attached hydrogen (secondary N) is 2. The lowest BCUT2D eigenvalue weighted by Gasteiger charge is -2.09. The summed E-state index contributed by atoms with van der Waals surface area (Å²) in [4.78, 5) is 23.5. The first-order chi connectivity index (χ1) is 14.9. The molecule has 0 heterocycles. The Hall–Kier alpha value is -3.78. The summed E-state index contributed by atoms with van der Waals surface area (Å²) >= 11 is 5.96. The molecular formula is C22H16ClF2N3O3. The fraction of sp³-hybridized carbons (Fsp3) is 0.0455. The SMILES string of the molecule is O=C(N/N=C/c1ccc(OCc2c(F)cccc2Cl)cc1)C(=O)Nc1ccccc1F. The molecule has 3 aromatic rings. The fourth-order valence-electron chi connectivity index (χ4n) is 2.43. The molecule has 0 spiro atoms. The van der Waals surface area contributed by atoms with E-state index in [1.165, 1.54) is 36.5 Å². The van der Waals surface area contributed by atoms with Gasteiger partial charge in [-0.15, -0.1) is 0 Å². The Morgan fingerprint density at radius 3 is 2.35 bits per heavy atom. The number of ether oxygens (including phenoxy) is 1. The largest absolute Gasteiger partial charge is 0.489 e. The van der Waals surface area contributed by atoms with Crippen molar-refractivity contribution in [3.05, 3.63) is 94.5 Å². The van der Waals surface area contributed by atoms with Crippen LogP contribution in [0.3, 0.4) is 0 Å². The Balaban J connectivity index is 1.50. The Bertz CT molecular complexity index is 1100. The van der Waals surface area contributed by atoms with Crippen molar-refractivity contribution in [2.45, 2.75) is 6.61 Å². The van der Waals surface area contributed by atoms with E-state index in [1.807, 2.05) is 0 Å². The fourth-order valence-corrected chi connectivity index (χ4v) is 2.65. The van der Waals surface area contributed by atoms with Gasteiger partial charge in [0.25, 0.3) is 0 Å². The van der Waals surface area contributed by atoms with Crippen molar-refractivity contribution in [2.24, 2.45) is 5.10 Å². The number of benzene rings is 3. The summed E-state index contributed by atoms with van der Waals surface area (Å²) in [6.07, 6.45) is 1.31. The van der Waals surface area contributed by atoms with E-state index in [-0.39, 0.29) is 22.9 Å². The Morgan fingerprint density at radius 1 is 0.935 bits per heavy atom. The number of amides is 2. The minimum absolute atomic E-state index is 0.0356. The quantitative estimate of drug-likeness (QED) is 0.339. The number of hydrazone groups is 1. The molecule has 9 heteroatoms. The average Bonchev–Trinajstić information content (AvgIpc) is 2.76. The first kappa shape index (κ1) is 21.9. The van der Waals surface area contributed by atoms with Crippen LogP contribution in [0.25, 0.3) is 0 Å². The van der Waals surface area contributed by atoms with Gasteiger partial charge in [0, 0.05) is 5.56 Å². The summed E-state index contributed by atoms with van der Waals surface area (Å²) in [5.41, 5.74) is 2.80. The molecule has 0 saturated heterocycles. The lowest BCUT2D eigenvalue weighted by Crippen LogP contribution is -2.32. The molecule has 31 heavy (non-hydrogen) atoms. The van der Waals surface area contributed by atoms with Crippen molar-refractivity contribution >= 4 is 35.3 Å². The number of carbonyl (C=O) groups is 2. The zero-order valence-electron chi connectivity index (χ0n) is 15.9. The van der Waals surface area contributed by atoms with Gasteiger partial charge in [0.1, 0.15) is 24.0 Å². The third-order valence-corrected chi connectivity index (χ3v) is 4.39. The Kier molecular flexibility index (Phi) is 7.29. The van der Waals surface area contributed by atoms with Gasteiger partial charge in [-0.05, 0) is 54.1 Å². The zero-order chi connectivity index (χ0) is 22.2. The second kappa shape index (κ2) is 10.3. The molecule has 0 fully saturated rings. The molecule has 0 aliphatic rings. The van der Waals surface area contributed by atoms with E-state index < -0.39 is 23.4 Å². The van der Waals surface area contributed by atoms with Crippen LogP contribution in [0, 0.1) is 11.6 Å². The third-order valence-electron chi connectivity index (χ3n) is 4.03. The molecule has 0 unspecified atom stereocenters. The molecule has 3 rings (SSSR count). The van der Waals surface area contributed by atoms with Gasteiger partial charge in [-0.3, -0.25) is 9.59 Å². The topological polar surface area (TPSA) is 79.8 Å². The highest BCUT2D eigenvalue weighted by molar-refractivity contribution is 6.39. The van der Waals surface area contributed by atoms with Crippen molar-refractivity contribution in [2.75, 3.05) is 5.32 Å².